The maximum atomic E-state index is 13.7. The molecule has 6 nitrogen and oxygen atoms in total. The molecular formula is C30H38N4O2S. The number of benzene rings is 2. The fourth-order valence-corrected chi connectivity index (χ4v) is 6.42. The molecule has 0 bridgehead atoms. The maximum absolute atomic E-state index is 13.7. The summed E-state index contributed by atoms with van der Waals surface area (Å²) in [7, 11) is 0. The van der Waals surface area contributed by atoms with Gasteiger partial charge in [0, 0.05) is 38.0 Å². The second-order valence-electron chi connectivity index (χ2n) is 10.5. The molecule has 196 valence electrons. The number of aromatic nitrogens is 2. The van der Waals surface area contributed by atoms with Gasteiger partial charge in [-0.3, -0.25) is 14.4 Å². The van der Waals surface area contributed by atoms with Gasteiger partial charge in [0.1, 0.15) is 6.26 Å². The van der Waals surface area contributed by atoms with Crippen LogP contribution in [0, 0.1) is 0 Å². The van der Waals surface area contributed by atoms with Crippen LogP contribution in [-0.4, -0.2) is 62.5 Å². The number of amides is 1. The van der Waals surface area contributed by atoms with Crippen LogP contribution in [0.25, 0.3) is 0 Å². The first kappa shape index (κ1) is 26.0. The van der Waals surface area contributed by atoms with E-state index in [0.29, 0.717) is 11.8 Å². The summed E-state index contributed by atoms with van der Waals surface area (Å²) in [6, 6.07) is 18.7. The SMILES string of the molecule is CCCn1ncc(C(=O)N2CC[C@H](c3ccccc3)C2)c1C1CCN(Cc2ccc([S+](C)[O-])cc2)CC1. The summed E-state index contributed by atoms with van der Waals surface area (Å²) in [5.74, 6) is 0.905. The predicted octanol–water partition coefficient (Wildman–Crippen LogP) is 5.04. The minimum Gasteiger partial charge on any atom is -0.612 e. The van der Waals surface area contributed by atoms with Gasteiger partial charge in [-0.25, -0.2) is 0 Å². The number of carbonyl (C=O) groups excluding carboxylic acids is 1. The topological polar surface area (TPSA) is 64.4 Å². The highest BCUT2D eigenvalue weighted by Crippen LogP contribution is 2.34. The Morgan fingerprint density at radius 3 is 2.38 bits per heavy atom. The monoisotopic (exact) mass is 518 g/mol. The Balaban J connectivity index is 1.25. The smallest absolute Gasteiger partial charge is 0.257 e. The van der Waals surface area contributed by atoms with Gasteiger partial charge in [-0.1, -0.05) is 49.4 Å². The van der Waals surface area contributed by atoms with Crippen molar-refractivity contribution in [2.75, 3.05) is 32.4 Å². The number of nitrogens with zero attached hydrogens (tertiary/aromatic N) is 4. The molecular weight excluding hydrogens is 480 g/mol. The normalized spacial score (nSPS) is 19.9. The van der Waals surface area contributed by atoms with Gasteiger partial charge in [0.2, 0.25) is 0 Å². The lowest BCUT2D eigenvalue weighted by molar-refractivity contribution is 0.0788. The van der Waals surface area contributed by atoms with Crippen LogP contribution in [0.5, 0.6) is 0 Å². The zero-order valence-corrected chi connectivity index (χ0v) is 22.8. The summed E-state index contributed by atoms with van der Waals surface area (Å²) in [5.41, 5.74) is 4.53. The van der Waals surface area contributed by atoms with E-state index in [-0.39, 0.29) is 5.91 Å². The van der Waals surface area contributed by atoms with Crippen LogP contribution < -0.4 is 0 Å². The Labute approximate surface area is 223 Å². The van der Waals surface area contributed by atoms with Crippen molar-refractivity contribution in [2.45, 2.75) is 62.4 Å². The molecule has 2 aliphatic rings. The van der Waals surface area contributed by atoms with E-state index in [1.54, 1.807) is 6.26 Å². The summed E-state index contributed by atoms with van der Waals surface area (Å²) in [4.78, 5) is 19.1. The van der Waals surface area contributed by atoms with E-state index in [2.05, 4.69) is 52.9 Å². The van der Waals surface area contributed by atoms with Gasteiger partial charge in [0.15, 0.2) is 4.90 Å². The fraction of sp³-hybridized carbons (Fsp3) is 0.467. The molecule has 1 unspecified atom stereocenters. The van der Waals surface area contributed by atoms with Crippen molar-refractivity contribution >= 4 is 17.1 Å². The van der Waals surface area contributed by atoms with Crippen molar-refractivity contribution in [3.8, 4) is 0 Å². The van der Waals surface area contributed by atoms with Gasteiger partial charge in [-0.15, -0.1) is 0 Å². The lowest BCUT2D eigenvalue weighted by Crippen LogP contribution is -2.34. The third-order valence-electron chi connectivity index (χ3n) is 7.93. The van der Waals surface area contributed by atoms with E-state index in [9.17, 15) is 9.35 Å². The van der Waals surface area contributed by atoms with Gasteiger partial charge in [-0.05, 0) is 73.2 Å². The van der Waals surface area contributed by atoms with Crippen LogP contribution in [0.3, 0.4) is 0 Å². The molecule has 0 spiro atoms. The Kier molecular flexibility index (Phi) is 8.33. The van der Waals surface area contributed by atoms with Crippen molar-refractivity contribution < 1.29 is 9.35 Å². The van der Waals surface area contributed by atoms with Crippen LogP contribution >= 0.6 is 0 Å². The number of aryl methyl sites for hydroxylation is 1. The molecule has 0 aliphatic carbocycles. The first-order valence-corrected chi connectivity index (χ1v) is 15.1. The maximum Gasteiger partial charge on any atom is 0.257 e. The van der Waals surface area contributed by atoms with Crippen molar-refractivity contribution in [3.05, 3.63) is 83.2 Å². The molecule has 3 aromatic rings. The largest absolute Gasteiger partial charge is 0.612 e. The molecule has 2 atom stereocenters. The molecule has 1 aromatic heterocycles. The van der Waals surface area contributed by atoms with E-state index in [1.165, 1.54) is 11.1 Å². The third kappa shape index (κ3) is 5.95. The average Bonchev–Trinajstić information content (AvgIpc) is 3.58. The molecule has 0 N–H and O–H groups in total. The Morgan fingerprint density at radius 2 is 1.70 bits per heavy atom. The summed E-state index contributed by atoms with van der Waals surface area (Å²) in [6.45, 7) is 7.50. The van der Waals surface area contributed by atoms with Crippen molar-refractivity contribution in [3.63, 3.8) is 0 Å². The van der Waals surface area contributed by atoms with Crippen LogP contribution in [0.1, 0.15) is 71.6 Å². The lowest BCUT2D eigenvalue weighted by Gasteiger charge is -2.33. The van der Waals surface area contributed by atoms with Gasteiger partial charge >= 0.3 is 0 Å². The van der Waals surface area contributed by atoms with Gasteiger partial charge in [0.25, 0.3) is 5.91 Å². The Bertz CT molecular complexity index is 1170. The molecule has 0 radical (unpaired) electrons. The highest BCUT2D eigenvalue weighted by atomic mass is 32.2. The zero-order valence-electron chi connectivity index (χ0n) is 22.0. The quantitative estimate of drug-likeness (QED) is 0.392. The number of likely N-dealkylation sites (tertiary alicyclic amines) is 2. The molecule has 2 saturated heterocycles. The summed E-state index contributed by atoms with van der Waals surface area (Å²) in [6.07, 6.45) is 7.61. The Hall–Kier alpha value is -2.61. The van der Waals surface area contributed by atoms with Gasteiger partial charge in [-0.2, -0.15) is 5.10 Å². The Morgan fingerprint density at radius 1 is 1.00 bits per heavy atom. The molecule has 2 fully saturated rings. The van der Waals surface area contributed by atoms with Crippen LogP contribution in [-0.2, 0) is 24.3 Å². The summed E-state index contributed by atoms with van der Waals surface area (Å²) >= 11 is -0.942. The number of piperidine rings is 1. The van der Waals surface area contributed by atoms with Gasteiger partial charge in [0.05, 0.1) is 17.5 Å². The third-order valence-corrected chi connectivity index (χ3v) is 8.86. The molecule has 1 amide bonds. The minimum absolute atomic E-state index is 0.145. The number of hydrogen-bond acceptors (Lipinski definition) is 4. The minimum atomic E-state index is -0.942. The van der Waals surface area contributed by atoms with Gasteiger partial charge < -0.3 is 9.45 Å². The average molecular weight is 519 g/mol. The summed E-state index contributed by atoms with van der Waals surface area (Å²) in [5, 5.41) is 4.69. The van der Waals surface area contributed by atoms with E-state index >= 15 is 0 Å². The molecule has 2 aliphatic heterocycles. The molecule has 7 heteroatoms. The van der Waals surface area contributed by atoms with Crippen LogP contribution in [0.2, 0.25) is 0 Å². The second-order valence-corrected chi connectivity index (χ2v) is 11.8. The van der Waals surface area contributed by atoms with Crippen LogP contribution in [0.15, 0.2) is 65.7 Å². The van der Waals surface area contributed by atoms with Crippen molar-refractivity contribution in [1.82, 2.24) is 19.6 Å². The molecule has 5 rings (SSSR count). The number of hydrogen-bond donors (Lipinski definition) is 0. The summed E-state index contributed by atoms with van der Waals surface area (Å²) < 4.78 is 13.8. The molecule has 0 saturated carbocycles. The van der Waals surface area contributed by atoms with Crippen LogP contribution in [0.4, 0.5) is 0 Å². The highest BCUT2D eigenvalue weighted by molar-refractivity contribution is 7.90. The van der Waals surface area contributed by atoms with E-state index in [0.717, 1.165) is 81.1 Å². The fourth-order valence-electron chi connectivity index (χ4n) is 5.90. The standard InChI is InChI=1S/C30H38N4O2S/c1-3-16-34-29(25-13-17-32(18-14-25)21-23-9-11-27(12-10-23)37(2)36)28(20-31-34)30(35)33-19-15-26(22-33)24-7-5-4-6-8-24/h4-12,20,25-26H,3,13-19,21-22H2,1-2H3/t26-,37?/m0/s1. The first-order valence-electron chi connectivity index (χ1n) is 13.6. The van der Waals surface area contributed by atoms with E-state index < -0.39 is 11.2 Å². The first-order chi connectivity index (χ1) is 18.0. The van der Waals surface area contributed by atoms with E-state index in [4.69, 9.17) is 5.10 Å². The van der Waals surface area contributed by atoms with Crippen molar-refractivity contribution in [2.24, 2.45) is 0 Å². The molecule has 2 aromatic carbocycles. The highest BCUT2D eigenvalue weighted by Gasteiger charge is 2.33. The molecule has 3 heterocycles. The zero-order chi connectivity index (χ0) is 25.8. The van der Waals surface area contributed by atoms with E-state index in [1.807, 2.05) is 29.3 Å². The van der Waals surface area contributed by atoms with Crippen molar-refractivity contribution in [1.29, 1.82) is 0 Å². The number of rotatable bonds is 8. The predicted molar refractivity (Wildman–Crippen MR) is 148 cm³/mol. The lowest BCUT2D eigenvalue weighted by atomic mass is 9.90. The number of carbonyl (C=O) groups is 1. The molecule has 37 heavy (non-hydrogen) atoms. The second kappa shape index (κ2) is 11.8.